The summed E-state index contributed by atoms with van der Waals surface area (Å²) in [6.07, 6.45) is 0.973. The van der Waals surface area contributed by atoms with E-state index in [1.54, 1.807) is 28.4 Å². The van der Waals surface area contributed by atoms with Crippen molar-refractivity contribution in [1.29, 1.82) is 0 Å². The van der Waals surface area contributed by atoms with Gasteiger partial charge in [0, 0.05) is 25.6 Å². The van der Waals surface area contributed by atoms with Crippen molar-refractivity contribution in [3.8, 4) is 23.0 Å². The summed E-state index contributed by atoms with van der Waals surface area (Å²) in [6.45, 7) is 1.15. The SMILES string of the molecule is CN=C(NCc1c(OC)cc(OC)cc1OC)NCC1Cc2ccccc2O1.I. The van der Waals surface area contributed by atoms with E-state index in [9.17, 15) is 0 Å². The van der Waals surface area contributed by atoms with Crippen molar-refractivity contribution in [3.63, 3.8) is 0 Å². The smallest absolute Gasteiger partial charge is 0.191 e. The topological polar surface area (TPSA) is 73.3 Å². The number of aliphatic imine (C=N–C) groups is 1. The Balaban J connectivity index is 0.00000300. The molecule has 0 saturated carbocycles. The Bertz CT molecular complexity index is 794. The third kappa shape index (κ3) is 5.59. The Morgan fingerprint density at radius 3 is 2.34 bits per heavy atom. The fourth-order valence-electron chi connectivity index (χ4n) is 3.22. The molecule has 1 aliphatic heterocycles. The minimum absolute atomic E-state index is 0. The number of ether oxygens (including phenoxy) is 4. The van der Waals surface area contributed by atoms with Crippen molar-refractivity contribution in [2.75, 3.05) is 34.9 Å². The molecule has 0 aromatic heterocycles. The van der Waals surface area contributed by atoms with E-state index in [2.05, 4.69) is 21.7 Å². The van der Waals surface area contributed by atoms with Crippen molar-refractivity contribution in [2.45, 2.75) is 19.1 Å². The molecule has 2 aromatic rings. The molecule has 3 rings (SSSR count). The Morgan fingerprint density at radius 2 is 1.76 bits per heavy atom. The van der Waals surface area contributed by atoms with Crippen LogP contribution in [0.5, 0.6) is 23.0 Å². The van der Waals surface area contributed by atoms with Gasteiger partial charge < -0.3 is 29.6 Å². The van der Waals surface area contributed by atoms with E-state index in [-0.39, 0.29) is 30.1 Å². The van der Waals surface area contributed by atoms with Gasteiger partial charge >= 0.3 is 0 Å². The third-order valence-electron chi connectivity index (χ3n) is 4.68. The molecular weight excluding hydrogens is 485 g/mol. The zero-order valence-electron chi connectivity index (χ0n) is 17.2. The third-order valence-corrected chi connectivity index (χ3v) is 4.68. The van der Waals surface area contributed by atoms with Crippen LogP contribution in [-0.4, -0.2) is 47.0 Å². The maximum absolute atomic E-state index is 5.96. The van der Waals surface area contributed by atoms with Crippen LogP contribution in [0.2, 0.25) is 0 Å². The zero-order chi connectivity index (χ0) is 19.9. The summed E-state index contributed by atoms with van der Waals surface area (Å²) in [5.74, 6) is 3.70. The van der Waals surface area contributed by atoms with Crippen LogP contribution >= 0.6 is 24.0 Å². The number of benzene rings is 2. The van der Waals surface area contributed by atoms with Gasteiger partial charge in [0.25, 0.3) is 0 Å². The number of methoxy groups -OCH3 is 3. The molecule has 0 aliphatic carbocycles. The monoisotopic (exact) mass is 513 g/mol. The highest BCUT2D eigenvalue weighted by Gasteiger charge is 2.22. The number of guanidine groups is 1. The number of rotatable bonds is 7. The van der Waals surface area contributed by atoms with Gasteiger partial charge in [0.2, 0.25) is 0 Å². The molecule has 0 radical (unpaired) electrons. The Hall–Kier alpha value is -2.36. The lowest BCUT2D eigenvalue weighted by Crippen LogP contribution is -2.42. The van der Waals surface area contributed by atoms with Gasteiger partial charge in [-0.3, -0.25) is 4.99 Å². The normalized spacial score (nSPS) is 14.9. The van der Waals surface area contributed by atoms with Gasteiger partial charge in [-0.15, -0.1) is 24.0 Å². The van der Waals surface area contributed by atoms with Gasteiger partial charge in [-0.05, 0) is 11.6 Å². The average molecular weight is 513 g/mol. The van der Waals surface area contributed by atoms with Crippen molar-refractivity contribution in [2.24, 2.45) is 4.99 Å². The zero-order valence-corrected chi connectivity index (χ0v) is 19.5. The molecule has 0 amide bonds. The van der Waals surface area contributed by atoms with Crippen LogP contribution in [0.25, 0.3) is 0 Å². The number of nitrogens with zero attached hydrogens (tertiary/aromatic N) is 1. The molecule has 8 heteroatoms. The van der Waals surface area contributed by atoms with E-state index < -0.39 is 0 Å². The van der Waals surface area contributed by atoms with Crippen molar-refractivity contribution in [1.82, 2.24) is 10.6 Å². The maximum atomic E-state index is 5.96. The van der Waals surface area contributed by atoms with Gasteiger partial charge in [-0.25, -0.2) is 0 Å². The standard InChI is InChI=1S/C21H27N3O4.HI/c1-22-21(23-12-16-9-14-7-5-6-8-18(14)28-16)24-13-17-19(26-3)10-15(25-2)11-20(17)27-4;/h5-8,10-11,16H,9,12-13H2,1-4H3,(H2,22,23,24);1H. The second-order valence-electron chi connectivity index (χ2n) is 6.37. The average Bonchev–Trinajstić information content (AvgIpc) is 3.16. The lowest BCUT2D eigenvalue weighted by atomic mass is 10.1. The summed E-state index contributed by atoms with van der Waals surface area (Å²) >= 11 is 0. The molecule has 7 nitrogen and oxygen atoms in total. The van der Waals surface area contributed by atoms with Gasteiger partial charge in [-0.2, -0.15) is 0 Å². The predicted molar refractivity (Wildman–Crippen MR) is 124 cm³/mol. The summed E-state index contributed by atoms with van der Waals surface area (Å²) in [4.78, 5) is 4.29. The largest absolute Gasteiger partial charge is 0.496 e. The second kappa shape index (κ2) is 11.0. The van der Waals surface area contributed by atoms with Gasteiger partial charge in [0.15, 0.2) is 5.96 Å². The molecule has 158 valence electrons. The summed E-state index contributed by atoms with van der Waals surface area (Å²) in [5.41, 5.74) is 2.13. The van der Waals surface area contributed by atoms with Crippen LogP contribution in [0, 0.1) is 0 Å². The number of fused-ring (bicyclic) bond motifs is 1. The molecule has 0 saturated heterocycles. The summed E-state index contributed by atoms with van der Waals surface area (Å²) in [6, 6.07) is 11.8. The minimum Gasteiger partial charge on any atom is -0.496 e. The minimum atomic E-state index is 0. The number of halogens is 1. The number of para-hydroxylation sites is 1. The lowest BCUT2D eigenvalue weighted by Gasteiger charge is -2.18. The molecule has 1 atom stereocenters. The van der Waals surface area contributed by atoms with Crippen molar-refractivity contribution < 1.29 is 18.9 Å². The van der Waals surface area contributed by atoms with E-state index >= 15 is 0 Å². The lowest BCUT2D eigenvalue weighted by molar-refractivity contribution is 0.235. The molecule has 1 aliphatic rings. The van der Waals surface area contributed by atoms with Crippen LogP contribution in [0.3, 0.4) is 0 Å². The molecular formula is C21H28IN3O4. The summed E-state index contributed by atoms with van der Waals surface area (Å²) in [5, 5.41) is 6.62. The van der Waals surface area contributed by atoms with Crippen LogP contribution in [-0.2, 0) is 13.0 Å². The van der Waals surface area contributed by atoms with Crippen LogP contribution in [0.4, 0.5) is 0 Å². The molecule has 1 heterocycles. The Kier molecular flexibility index (Phi) is 8.69. The highest BCUT2D eigenvalue weighted by Crippen LogP contribution is 2.34. The molecule has 29 heavy (non-hydrogen) atoms. The van der Waals surface area contributed by atoms with E-state index in [1.165, 1.54) is 5.56 Å². The van der Waals surface area contributed by atoms with Crippen LogP contribution in [0.15, 0.2) is 41.4 Å². The van der Waals surface area contributed by atoms with E-state index in [4.69, 9.17) is 18.9 Å². The number of hydrogen-bond acceptors (Lipinski definition) is 5. The van der Waals surface area contributed by atoms with Crippen molar-refractivity contribution in [3.05, 3.63) is 47.5 Å². The fraction of sp³-hybridized carbons (Fsp3) is 0.381. The van der Waals surface area contributed by atoms with E-state index in [1.807, 2.05) is 30.3 Å². The highest BCUT2D eigenvalue weighted by molar-refractivity contribution is 14.0. The second-order valence-corrected chi connectivity index (χ2v) is 6.37. The fourth-order valence-corrected chi connectivity index (χ4v) is 3.22. The first-order valence-electron chi connectivity index (χ1n) is 9.16. The van der Waals surface area contributed by atoms with Crippen molar-refractivity contribution >= 4 is 29.9 Å². The Labute approximate surface area is 188 Å². The first-order valence-corrected chi connectivity index (χ1v) is 9.16. The van der Waals surface area contributed by atoms with E-state index in [0.717, 1.165) is 17.7 Å². The maximum Gasteiger partial charge on any atom is 0.191 e. The van der Waals surface area contributed by atoms with Gasteiger partial charge in [0.1, 0.15) is 29.1 Å². The molecule has 2 aromatic carbocycles. The molecule has 0 fully saturated rings. The highest BCUT2D eigenvalue weighted by atomic mass is 127. The van der Waals surface area contributed by atoms with Crippen LogP contribution < -0.4 is 29.6 Å². The summed E-state index contributed by atoms with van der Waals surface area (Å²) in [7, 11) is 6.60. The van der Waals surface area contributed by atoms with Crippen LogP contribution in [0.1, 0.15) is 11.1 Å². The first-order chi connectivity index (χ1) is 13.7. The number of nitrogens with one attached hydrogen (secondary N) is 2. The quantitative estimate of drug-likeness (QED) is 0.337. The van der Waals surface area contributed by atoms with Gasteiger partial charge in [0.05, 0.1) is 40.0 Å². The molecule has 0 spiro atoms. The molecule has 0 bridgehead atoms. The van der Waals surface area contributed by atoms with Gasteiger partial charge in [-0.1, -0.05) is 18.2 Å². The summed E-state index contributed by atoms with van der Waals surface area (Å²) < 4.78 is 22.2. The Morgan fingerprint density at radius 1 is 1.07 bits per heavy atom. The van der Waals surface area contributed by atoms with E-state index in [0.29, 0.717) is 36.3 Å². The predicted octanol–water partition coefficient (Wildman–Crippen LogP) is 3.00. The number of hydrogen-bond donors (Lipinski definition) is 2. The molecule has 2 N–H and O–H groups in total. The first kappa shape index (κ1) is 22.9. The molecule has 1 unspecified atom stereocenters.